The fraction of sp³-hybridized carbons (Fsp3) is 1.00. The molecule has 0 bridgehead atoms. The Morgan fingerprint density at radius 2 is 1.73 bits per heavy atom. The SMILES string of the molecule is CN(CC1CCCC1)C1(CN)CCCC1. The predicted octanol–water partition coefficient (Wildman–Crippen LogP) is 2.38. The zero-order valence-corrected chi connectivity index (χ0v) is 10.2. The molecule has 0 atom stereocenters. The molecule has 2 saturated carbocycles. The smallest absolute Gasteiger partial charge is 0.0328 e. The Morgan fingerprint density at radius 3 is 2.27 bits per heavy atom. The maximum Gasteiger partial charge on any atom is 0.0328 e. The van der Waals surface area contributed by atoms with Crippen LogP contribution in [0.4, 0.5) is 0 Å². The number of hydrogen-bond acceptors (Lipinski definition) is 2. The van der Waals surface area contributed by atoms with Gasteiger partial charge in [0.15, 0.2) is 0 Å². The van der Waals surface area contributed by atoms with Crippen LogP contribution in [-0.4, -0.2) is 30.6 Å². The summed E-state index contributed by atoms with van der Waals surface area (Å²) >= 11 is 0. The Kier molecular flexibility index (Phi) is 3.68. The van der Waals surface area contributed by atoms with Crippen LogP contribution in [0.25, 0.3) is 0 Å². The monoisotopic (exact) mass is 210 g/mol. The molecule has 0 amide bonds. The van der Waals surface area contributed by atoms with Crippen LogP contribution < -0.4 is 5.73 Å². The van der Waals surface area contributed by atoms with E-state index in [4.69, 9.17) is 5.73 Å². The van der Waals surface area contributed by atoms with Gasteiger partial charge in [-0.15, -0.1) is 0 Å². The quantitative estimate of drug-likeness (QED) is 0.772. The molecule has 0 aromatic rings. The second kappa shape index (κ2) is 4.84. The van der Waals surface area contributed by atoms with Crippen molar-refractivity contribution in [3.63, 3.8) is 0 Å². The zero-order chi connectivity index (χ0) is 10.7. The molecule has 2 N–H and O–H groups in total. The summed E-state index contributed by atoms with van der Waals surface area (Å²) in [5.41, 5.74) is 6.37. The number of likely N-dealkylation sites (N-methyl/N-ethyl adjacent to an activating group) is 1. The lowest BCUT2D eigenvalue weighted by molar-refractivity contribution is 0.111. The molecule has 2 heteroatoms. The Labute approximate surface area is 94.2 Å². The van der Waals surface area contributed by atoms with Gasteiger partial charge in [-0.05, 0) is 38.6 Å². The van der Waals surface area contributed by atoms with Crippen LogP contribution in [0.15, 0.2) is 0 Å². The summed E-state index contributed by atoms with van der Waals surface area (Å²) in [6.07, 6.45) is 11.2. The van der Waals surface area contributed by atoms with E-state index in [1.807, 2.05) is 0 Å². The largest absolute Gasteiger partial charge is 0.329 e. The Balaban J connectivity index is 1.89. The van der Waals surface area contributed by atoms with Gasteiger partial charge in [0.1, 0.15) is 0 Å². The molecule has 0 saturated heterocycles. The average Bonchev–Trinajstić information content (AvgIpc) is 2.87. The minimum absolute atomic E-state index is 0.364. The van der Waals surface area contributed by atoms with Gasteiger partial charge in [-0.1, -0.05) is 25.7 Å². The van der Waals surface area contributed by atoms with Crippen LogP contribution in [0.2, 0.25) is 0 Å². The Morgan fingerprint density at radius 1 is 1.13 bits per heavy atom. The first-order chi connectivity index (χ1) is 7.27. The molecule has 2 fully saturated rings. The van der Waals surface area contributed by atoms with Gasteiger partial charge < -0.3 is 5.73 Å². The van der Waals surface area contributed by atoms with Gasteiger partial charge in [0.2, 0.25) is 0 Å². The summed E-state index contributed by atoms with van der Waals surface area (Å²) in [6, 6.07) is 0. The first-order valence-electron chi connectivity index (χ1n) is 6.68. The highest BCUT2D eigenvalue weighted by molar-refractivity contribution is 4.95. The zero-order valence-electron chi connectivity index (χ0n) is 10.2. The van der Waals surface area contributed by atoms with Crippen LogP contribution in [-0.2, 0) is 0 Å². The fourth-order valence-corrected chi connectivity index (χ4v) is 3.55. The van der Waals surface area contributed by atoms with E-state index >= 15 is 0 Å². The highest BCUT2D eigenvalue weighted by Crippen LogP contribution is 2.35. The third kappa shape index (κ3) is 2.36. The van der Waals surface area contributed by atoms with Crippen molar-refractivity contribution >= 4 is 0 Å². The second-order valence-corrected chi connectivity index (χ2v) is 5.67. The molecule has 2 nitrogen and oxygen atoms in total. The molecule has 0 aromatic heterocycles. The summed E-state index contributed by atoms with van der Waals surface area (Å²) in [7, 11) is 2.30. The van der Waals surface area contributed by atoms with E-state index in [1.54, 1.807) is 0 Å². The lowest BCUT2D eigenvalue weighted by Crippen LogP contribution is -2.51. The van der Waals surface area contributed by atoms with Crippen molar-refractivity contribution in [2.45, 2.75) is 56.9 Å². The van der Waals surface area contributed by atoms with E-state index in [9.17, 15) is 0 Å². The van der Waals surface area contributed by atoms with Gasteiger partial charge in [-0.25, -0.2) is 0 Å². The van der Waals surface area contributed by atoms with Crippen molar-refractivity contribution in [1.29, 1.82) is 0 Å². The molecule has 2 aliphatic rings. The average molecular weight is 210 g/mol. The Hall–Kier alpha value is -0.0800. The maximum absolute atomic E-state index is 6.00. The number of nitrogens with two attached hydrogens (primary N) is 1. The van der Waals surface area contributed by atoms with Crippen molar-refractivity contribution in [3.8, 4) is 0 Å². The molecular formula is C13H26N2. The summed E-state index contributed by atoms with van der Waals surface area (Å²) in [5, 5.41) is 0. The number of rotatable bonds is 4. The third-order valence-corrected chi connectivity index (χ3v) is 4.73. The molecule has 0 aromatic carbocycles. The molecular weight excluding hydrogens is 184 g/mol. The van der Waals surface area contributed by atoms with Gasteiger partial charge in [0.25, 0.3) is 0 Å². The topological polar surface area (TPSA) is 29.3 Å². The van der Waals surface area contributed by atoms with E-state index in [0.717, 1.165) is 12.5 Å². The molecule has 0 unspecified atom stereocenters. The summed E-state index contributed by atoms with van der Waals surface area (Å²) < 4.78 is 0. The lowest BCUT2D eigenvalue weighted by atomic mass is 9.94. The van der Waals surface area contributed by atoms with Crippen molar-refractivity contribution in [3.05, 3.63) is 0 Å². The van der Waals surface area contributed by atoms with Gasteiger partial charge >= 0.3 is 0 Å². The van der Waals surface area contributed by atoms with Crippen molar-refractivity contribution in [1.82, 2.24) is 4.90 Å². The minimum Gasteiger partial charge on any atom is -0.329 e. The molecule has 88 valence electrons. The molecule has 0 spiro atoms. The molecule has 0 radical (unpaired) electrons. The second-order valence-electron chi connectivity index (χ2n) is 5.67. The van der Waals surface area contributed by atoms with E-state index in [-0.39, 0.29) is 0 Å². The minimum atomic E-state index is 0.364. The molecule has 0 heterocycles. The Bertz CT molecular complexity index is 191. The molecule has 2 aliphatic carbocycles. The van der Waals surface area contributed by atoms with Crippen LogP contribution in [0.5, 0.6) is 0 Å². The van der Waals surface area contributed by atoms with E-state index in [0.29, 0.717) is 5.54 Å². The predicted molar refractivity (Wildman–Crippen MR) is 64.8 cm³/mol. The van der Waals surface area contributed by atoms with E-state index in [1.165, 1.54) is 57.9 Å². The van der Waals surface area contributed by atoms with Crippen molar-refractivity contribution < 1.29 is 0 Å². The van der Waals surface area contributed by atoms with Crippen LogP contribution >= 0.6 is 0 Å². The first-order valence-corrected chi connectivity index (χ1v) is 6.68. The van der Waals surface area contributed by atoms with Crippen LogP contribution in [0.1, 0.15) is 51.4 Å². The van der Waals surface area contributed by atoms with Gasteiger partial charge in [-0.3, -0.25) is 4.90 Å². The number of nitrogens with zero attached hydrogens (tertiary/aromatic N) is 1. The maximum atomic E-state index is 6.00. The molecule has 15 heavy (non-hydrogen) atoms. The van der Waals surface area contributed by atoms with Crippen molar-refractivity contribution in [2.75, 3.05) is 20.1 Å². The fourth-order valence-electron chi connectivity index (χ4n) is 3.55. The normalized spacial score (nSPS) is 26.6. The highest BCUT2D eigenvalue weighted by Gasteiger charge is 2.37. The lowest BCUT2D eigenvalue weighted by Gasteiger charge is -2.39. The standard InChI is InChI=1S/C13H26N2/c1-15(10-12-6-2-3-7-12)13(11-14)8-4-5-9-13/h12H,2-11,14H2,1H3. The summed E-state index contributed by atoms with van der Waals surface area (Å²) in [6.45, 7) is 2.15. The van der Waals surface area contributed by atoms with Crippen LogP contribution in [0, 0.1) is 5.92 Å². The van der Waals surface area contributed by atoms with E-state index < -0.39 is 0 Å². The molecule has 2 rings (SSSR count). The van der Waals surface area contributed by atoms with Gasteiger partial charge in [0.05, 0.1) is 0 Å². The number of hydrogen-bond donors (Lipinski definition) is 1. The third-order valence-electron chi connectivity index (χ3n) is 4.73. The van der Waals surface area contributed by atoms with Crippen LogP contribution in [0.3, 0.4) is 0 Å². The summed E-state index contributed by atoms with van der Waals surface area (Å²) in [5.74, 6) is 0.957. The van der Waals surface area contributed by atoms with Crippen molar-refractivity contribution in [2.24, 2.45) is 11.7 Å². The summed E-state index contributed by atoms with van der Waals surface area (Å²) in [4.78, 5) is 2.59. The van der Waals surface area contributed by atoms with Gasteiger partial charge in [-0.2, -0.15) is 0 Å². The first kappa shape index (κ1) is 11.4. The van der Waals surface area contributed by atoms with E-state index in [2.05, 4.69) is 11.9 Å². The highest BCUT2D eigenvalue weighted by atomic mass is 15.2. The molecule has 0 aliphatic heterocycles. The van der Waals surface area contributed by atoms with Gasteiger partial charge in [0, 0.05) is 18.6 Å².